The van der Waals surface area contributed by atoms with Crippen LogP contribution in [-0.4, -0.2) is 59.2 Å². The zero-order valence-electron chi connectivity index (χ0n) is 19.9. The SMILES string of the molecule is CCc1ccc(N2C(=O)c3c(C(=O)OC)ncn3C[C@]2(C)C(=O)NCCCOC(C)C)cc1. The molecule has 3 rings (SSSR count). The average Bonchev–Trinajstić information content (AvgIpc) is 3.22. The van der Waals surface area contributed by atoms with Crippen LogP contribution in [0, 0.1) is 0 Å². The molecule has 0 fully saturated rings. The Kier molecular flexibility index (Phi) is 7.53. The summed E-state index contributed by atoms with van der Waals surface area (Å²) in [5.41, 5.74) is 0.495. The fourth-order valence-corrected chi connectivity index (χ4v) is 3.94. The number of ether oxygens (including phenoxy) is 2. The van der Waals surface area contributed by atoms with E-state index in [4.69, 9.17) is 9.47 Å². The standard InChI is InChI=1S/C24H32N4O5/c1-6-17-8-10-18(11-9-17)28-21(29)20-19(22(30)32-5)26-15-27(20)14-24(28,4)23(31)25-12-7-13-33-16(2)3/h8-11,15-16H,6-7,12-14H2,1-5H3,(H,25,31)/t24-/m1/s1. The lowest BCUT2D eigenvalue weighted by Crippen LogP contribution is -2.64. The van der Waals surface area contributed by atoms with E-state index in [9.17, 15) is 14.4 Å². The van der Waals surface area contributed by atoms with Gasteiger partial charge >= 0.3 is 5.97 Å². The van der Waals surface area contributed by atoms with Gasteiger partial charge in [0, 0.05) is 18.8 Å². The van der Waals surface area contributed by atoms with Crippen molar-refractivity contribution >= 4 is 23.5 Å². The van der Waals surface area contributed by atoms with Crippen molar-refractivity contribution in [2.24, 2.45) is 0 Å². The molecule has 2 aromatic rings. The third-order valence-electron chi connectivity index (χ3n) is 5.74. The lowest BCUT2D eigenvalue weighted by Gasteiger charge is -2.43. The van der Waals surface area contributed by atoms with E-state index in [1.807, 2.05) is 45.0 Å². The summed E-state index contributed by atoms with van der Waals surface area (Å²) in [4.78, 5) is 44.9. The van der Waals surface area contributed by atoms with Crippen LogP contribution in [0.2, 0.25) is 0 Å². The first kappa shape index (κ1) is 24.4. The van der Waals surface area contributed by atoms with Gasteiger partial charge in [-0.3, -0.25) is 14.5 Å². The van der Waals surface area contributed by atoms with Crippen LogP contribution in [0.25, 0.3) is 0 Å². The Labute approximate surface area is 194 Å². The molecule has 178 valence electrons. The molecule has 1 atom stereocenters. The van der Waals surface area contributed by atoms with Crippen molar-refractivity contribution < 1.29 is 23.9 Å². The van der Waals surface area contributed by atoms with Crippen molar-refractivity contribution in [3.05, 3.63) is 47.5 Å². The van der Waals surface area contributed by atoms with Crippen LogP contribution in [-0.2, 0) is 27.2 Å². The molecule has 9 heteroatoms. The molecule has 0 spiro atoms. The number of fused-ring (bicyclic) bond motifs is 1. The molecule has 1 aromatic carbocycles. The minimum Gasteiger partial charge on any atom is -0.464 e. The highest BCUT2D eigenvalue weighted by molar-refractivity contribution is 6.15. The second kappa shape index (κ2) is 10.2. The number of esters is 1. The van der Waals surface area contributed by atoms with E-state index in [2.05, 4.69) is 10.3 Å². The molecule has 0 bridgehead atoms. The van der Waals surface area contributed by atoms with Crippen LogP contribution >= 0.6 is 0 Å². The Morgan fingerprint density at radius 1 is 1.24 bits per heavy atom. The van der Waals surface area contributed by atoms with Gasteiger partial charge in [-0.1, -0.05) is 19.1 Å². The summed E-state index contributed by atoms with van der Waals surface area (Å²) >= 11 is 0. The van der Waals surface area contributed by atoms with E-state index < -0.39 is 17.4 Å². The summed E-state index contributed by atoms with van der Waals surface area (Å²) in [5, 5.41) is 2.94. The minimum absolute atomic E-state index is 0.0639. The number of nitrogens with one attached hydrogen (secondary N) is 1. The van der Waals surface area contributed by atoms with Crippen molar-refractivity contribution in [2.45, 2.75) is 58.7 Å². The zero-order valence-corrected chi connectivity index (χ0v) is 19.9. The largest absolute Gasteiger partial charge is 0.464 e. The predicted molar refractivity (Wildman–Crippen MR) is 123 cm³/mol. The molecule has 0 radical (unpaired) electrons. The predicted octanol–water partition coefficient (Wildman–Crippen LogP) is 2.58. The van der Waals surface area contributed by atoms with Gasteiger partial charge in [-0.25, -0.2) is 9.78 Å². The number of nitrogens with zero attached hydrogens (tertiary/aromatic N) is 3. The lowest BCUT2D eigenvalue weighted by atomic mass is 9.93. The van der Waals surface area contributed by atoms with Crippen molar-refractivity contribution in [2.75, 3.05) is 25.2 Å². The molecule has 1 aliphatic heterocycles. The smallest absolute Gasteiger partial charge is 0.359 e. The number of imidazole rings is 1. The second-order valence-corrected chi connectivity index (χ2v) is 8.52. The molecular weight excluding hydrogens is 424 g/mol. The molecule has 0 saturated heterocycles. The minimum atomic E-state index is -1.23. The van der Waals surface area contributed by atoms with E-state index in [0.29, 0.717) is 25.3 Å². The lowest BCUT2D eigenvalue weighted by molar-refractivity contribution is -0.126. The number of anilines is 1. The van der Waals surface area contributed by atoms with Gasteiger partial charge in [-0.05, 0) is 51.3 Å². The van der Waals surface area contributed by atoms with Crippen molar-refractivity contribution in [1.29, 1.82) is 0 Å². The van der Waals surface area contributed by atoms with Gasteiger partial charge in [0.2, 0.25) is 5.91 Å². The first-order valence-corrected chi connectivity index (χ1v) is 11.2. The highest BCUT2D eigenvalue weighted by Crippen LogP contribution is 2.34. The fourth-order valence-electron chi connectivity index (χ4n) is 3.94. The van der Waals surface area contributed by atoms with Gasteiger partial charge in [0.15, 0.2) is 5.69 Å². The Morgan fingerprint density at radius 2 is 1.94 bits per heavy atom. The Bertz CT molecular complexity index is 1010. The van der Waals surface area contributed by atoms with Gasteiger partial charge < -0.3 is 19.4 Å². The maximum atomic E-state index is 13.7. The van der Waals surface area contributed by atoms with Crippen molar-refractivity contribution in [3.63, 3.8) is 0 Å². The summed E-state index contributed by atoms with van der Waals surface area (Å²) < 4.78 is 11.9. The molecule has 1 aliphatic rings. The maximum absolute atomic E-state index is 13.7. The van der Waals surface area contributed by atoms with E-state index >= 15 is 0 Å². The summed E-state index contributed by atoms with van der Waals surface area (Å²) in [5.74, 6) is -1.47. The van der Waals surface area contributed by atoms with Gasteiger partial charge in [0.05, 0.1) is 26.1 Å². The number of aryl methyl sites for hydroxylation is 1. The molecule has 0 saturated carbocycles. The molecule has 33 heavy (non-hydrogen) atoms. The van der Waals surface area contributed by atoms with Crippen molar-refractivity contribution in [1.82, 2.24) is 14.9 Å². The first-order valence-electron chi connectivity index (χ1n) is 11.2. The highest BCUT2D eigenvalue weighted by atomic mass is 16.5. The normalized spacial score (nSPS) is 17.8. The van der Waals surface area contributed by atoms with Gasteiger partial charge in [-0.2, -0.15) is 0 Å². The quantitative estimate of drug-likeness (QED) is 0.460. The summed E-state index contributed by atoms with van der Waals surface area (Å²) in [6, 6.07) is 7.50. The summed E-state index contributed by atoms with van der Waals surface area (Å²) in [7, 11) is 1.24. The van der Waals surface area contributed by atoms with Crippen LogP contribution in [0.3, 0.4) is 0 Å². The molecule has 0 unspecified atom stereocenters. The van der Waals surface area contributed by atoms with Crippen molar-refractivity contribution in [3.8, 4) is 0 Å². The number of amides is 2. The van der Waals surface area contributed by atoms with E-state index in [0.717, 1.165) is 12.0 Å². The molecule has 1 aromatic heterocycles. The third-order valence-corrected chi connectivity index (χ3v) is 5.74. The van der Waals surface area contributed by atoms with Crippen LogP contribution in [0.5, 0.6) is 0 Å². The molecule has 2 heterocycles. The van der Waals surface area contributed by atoms with Gasteiger partial charge in [0.25, 0.3) is 5.91 Å². The van der Waals surface area contributed by atoms with Crippen LogP contribution in [0.1, 0.15) is 60.7 Å². The number of carbonyl (C=O) groups is 3. The number of carbonyl (C=O) groups excluding carboxylic acids is 3. The highest BCUT2D eigenvalue weighted by Gasteiger charge is 2.49. The molecule has 9 nitrogen and oxygen atoms in total. The Balaban J connectivity index is 1.95. The summed E-state index contributed by atoms with van der Waals surface area (Å²) in [6.45, 7) is 8.77. The molecule has 2 amide bonds. The first-order chi connectivity index (χ1) is 15.7. The number of benzene rings is 1. The van der Waals surface area contributed by atoms with Gasteiger partial charge in [-0.15, -0.1) is 0 Å². The topological polar surface area (TPSA) is 103 Å². The Hall–Kier alpha value is -3.20. The number of hydrogen-bond acceptors (Lipinski definition) is 6. The second-order valence-electron chi connectivity index (χ2n) is 8.52. The number of hydrogen-bond donors (Lipinski definition) is 1. The molecule has 0 aliphatic carbocycles. The molecular formula is C24H32N4O5. The fraction of sp³-hybridized carbons (Fsp3) is 0.500. The number of rotatable bonds is 9. The van der Waals surface area contributed by atoms with E-state index in [-0.39, 0.29) is 29.9 Å². The average molecular weight is 457 g/mol. The molecule has 1 N–H and O–H groups in total. The number of methoxy groups -OCH3 is 1. The third kappa shape index (κ3) is 4.93. The summed E-state index contributed by atoms with van der Waals surface area (Å²) in [6.07, 6.45) is 3.03. The van der Waals surface area contributed by atoms with Crippen LogP contribution in [0.4, 0.5) is 5.69 Å². The zero-order chi connectivity index (χ0) is 24.2. The van der Waals surface area contributed by atoms with Crippen LogP contribution < -0.4 is 10.2 Å². The van der Waals surface area contributed by atoms with E-state index in [1.54, 1.807) is 11.5 Å². The van der Waals surface area contributed by atoms with E-state index in [1.165, 1.54) is 18.3 Å². The Morgan fingerprint density at radius 3 is 2.55 bits per heavy atom. The number of aromatic nitrogens is 2. The maximum Gasteiger partial charge on any atom is 0.359 e. The van der Waals surface area contributed by atoms with Gasteiger partial charge in [0.1, 0.15) is 11.2 Å². The monoisotopic (exact) mass is 456 g/mol. The van der Waals surface area contributed by atoms with Crippen LogP contribution in [0.15, 0.2) is 30.6 Å².